The summed E-state index contributed by atoms with van der Waals surface area (Å²) in [5.41, 5.74) is 0.0277. The second kappa shape index (κ2) is 8.55. The third-order valence-corrected chi connectivity index (χ3v) is 4.43. The Morgan fingerprint density at radius 3 is 2.66 bits per heavy atom. The zero-order chi connectivity index (χ0) is 21.0. The zero-order valence-electron chi connectivity index (χ0n) is 16.0. The molecule has 0 spiro atoms. The molecule has 3 rings (SSSR count). The number of aromatic nitrogens is 2. The third-order valence-electron chi connectivity index (χ3n) is 4.43. The molecule has 1 N–H and O–H groups in total. The van der Waals surface area contributed by atoms with Crippen molar-refractivity contribution >= 4 is 5.91 Å². The summed E-state index contributed by atoms with van der Waals surface area (Å²) >= 11 is 0. The molecule has 0 atom stereocenters. The first-order valence-corrected chi connectivity index (χ1v) is 8.87. The predicted molar refractivity (Wildman–Crippen MR) is 106 cm³/mol. The van der Waals surface area contributed by atoms with Crippen LogP contribution in [0.4, 0.5) is 4.39 Å². The first-order valence-electron chi connectivity index (χ1n) is 8.87. The Bertz CT molecular complexity index is 1170. The summed E-state index contributed by atoms with van der Waals surface area (Å²) in [5, 5.41) is 2.70. The van der Waals surface area contributed by atoms with Gasteiger partial charge in [0.1, 0.15) is 18.1 Å². The topological polar surface area (TPSA) is 82.3 Å². The summed E-state index contributed by atoms with van der Waals surface area (Å²) in [6, 6.07) is 11.2. The van der Waals surface area contributed by atoms with Crippen LogP contribution in [0, 0.1) is 12.7 Å². The van der Waals surface area contributed by atoms with Crippen LogP contribution in [0.25, 0.3) is 5.69 Å². The molecule has 0 bridgehead atoms. The van der Waals surface area contributed by atoms with Crippen LogP contribution in [0.5, 0.6) is 5.75 Å². The number of halogens is 1. The molecular weight excluding hydrogens is 377 g/mol. The van der Waals surface area contributed by atoms with E-state index >= 15 is 0 Å². The lowest BCUT2D eigenvalue weighted by atomic mass is 10.2. The highest BCUT2D eigenvalue weighted by Crippen LogP contribution is 2.13. The maximum atomic E-state index is 13.5. The minimum Gasteiger partial charge on any atom is -0.497 e. The number of nitrogens with zero attached hydrogens (tertiary/aromatic N) is 2. The highest BCUT2D eigenvalue weighted by atomic mass is 19.1. The van der Waals surface area contributed by atoms with E-state index in [2.05, 4.69) is 5.32 Å². The van der Waals surface area contributed by atoms with Crippen LogP contribution >= 0.6 is 0 Å². The first kappa shape index (κ1) is 20.1. The summed E-state index contributed by atoms with van der Waals surface area (Å²) in [4.78, 5) is 37.0. The maximum Gasteiger partial charge on any atom is 0.320 e. The zero-order valence-corrected chi connectivity index (χ0v) is 16.0. The minimum atomic E-state index is -0.868. The van der Waals surface area contributed by atoms with E-state index in [0.29, 0.717) is 11.3 Å². The number of methoxy groups -OCH3 is 1. The molecule has 3 aromatic rings. The molecule has 29 heavy (non-hydrogen) atoms. The molecule has 0 saturated heterocycles. The Balaban J connectivity index is 1.75. The van der Waals surface area contributed by atoms with Crippen molar-refractivity contribution in [3.63, 3.8) is 0 Å². The fourth-order valence-electron chi connectivity index (χ4n) is 2.86. The summed E-state index contributed by atoms with van der Waals surface area (Å²) in [6.45, 7) is 1.66. The number of carbonyl (C=O) groups excluding carboxylic acids is 1. The smallest absolute Gasteiger partial charge is 0.320 e. The fraction of sp³-hybridized carbons (Fsp3) is 0.190. The van der Waals surface area contributed by atoms with Gasteiger partial charge < -0.3 is 10.1 Å². The van der Waals surface area contributed by atoms with Crippen LogP contribution in [-0.2, 0) is 17.9 Å². The SMILES string of the molecule is COc1cccc(CNC(=O)Cn2ccn(-c3cc(F)ccc3C)c(=O)c2=O)c1. The summed E-state index contributed by atoms with van der Waals surface area (Å²) in [5.74, 6) is -0.267. The molecule has 8 heteroatoms. The van der Waals surface area contributed by atoms with Crippen LogP contribution in [0.15, 0.2) is 64.4 Å². The Labute approximate surface area is 166 Å². The van der Waals surface area contributed by atoms with Gasteiger partial charge in [-0.3, -0.25) is 23.5 Å². The number of amides is 1. The molecule has 2 aromatic carbocycles. The van der Waals surface area contributed by atoms with E-state index in [1.165, 1.54) is 30.6 Å². The Morgan fingerprint density at radius 2 is 1.90 bits per heavy atom. The predicted octanol–water partition coefficient (Wildman–Crippen LogP) is 1.77. The van der Waals surface area contributed by atoms with Crippen molar-refractivity contribution in [3.05, 3.63) is 92.5 Å². The molecule has 0 unspecified atom stereocenters. The monoisotopic (exact) mass is 397 g/mol. The van der Waals surface area contributed by atoms with Crippen molar-refractivity contribution in [1.29, 1.82) is 0 Å². The number of ether oxygens (including phenoxy) is 1. The number of aryl methyl sites for hydroxylation is 1. The van der Waals surface area contributed by atoms with Gasteiger partial charge in [-0.15, -0.1) is 0 Å². The van der Waals surface area contributed by atoms with Crippen LogP contribution in [-0.4, -0.2) is 22.2 Å². The normalized spacial score (nSPS) is 10.6. The molecule has 0 aliphatic rings. The molecule has 0 radical (unpaired) electrons. The van der Waals surface area contributed by atoms with E-state index in [1.807, 2.05) is 6.07 Å². The van der Waals surface area contributed by atoms with Crippen molar-refractivity contribution in [1.82, 2.24) is 14.5 Å². The molecule has 0 aliphatic carbocycles. The number of nitrogens with one attached hydrogen (secondary N) is 1. The van der Waals surface area contributed by atoms with Gasteiger partial charge >= 0.3 is 11.1 Å². The molecule has 150 valence electrons. The van der Waals surface area contributed by atoms with Gasteiger partial charge in [0.25, 0.3) is 0 Å². The number of benzene rings is 2. The lowest BCUT2D eigenvalue weighted by molar-refractivity contribution is -0.121. The Morgan fingerprint density at radius 1 is 1.10 bits per heavy atom. The Kier molecular flexibility index (Phi) is 5.92. The van der Waals surface area contributed by atoms with E-state index in [-0.39, 0.29) is 18.8 Å². The van der Waals surface area contributed by atoms with Gasteiger partial charge in [0, 0.05) is 18.9 Å². The molecular formula is C21H20FN3O4. The molecule has 0 fully saturated rings. The third kappa shape index (κ3) is 4.60. The maximum absolute atomic E-state index is 13.5. The van der Waals surface area contributed by atoms with Gasteiger partial charge in [0.15, 0.2) is 0 Å². The second-order valence-corrected chi connectivity index (χ2v) is 6.47. The van der Waals surface area contributed by atoms with Crippen LogP contribution in [0.2, 0.25) is 0 Å². The van der Waals surface area contributed by atoms with Gasteiger partial charge in [-0.25, -0.2) is 4.39 Å². The molecule has 0 saturated carbocycles. The number of rotatable bonds is 6. The average Bonchev–Trinajstić information content (AvgIpc) is 2.72. The quantitative estimate of drug-likeness (QED) is 0.643. The van der Waals surface area contributed by atoms with Crippen LogP contribution in [0.1, 0.15) is 11.1 Å². The van der Waals surface area contributed by atoms with Gasteiger partial charge in [0.2, 0.25) is 5.91 Å². The van der Waals surface area contributed by atoms with E-state index in [1.54, 1.807) is 32.2 Å². The van der Waals surface area contributed by atoms with Gasteiger partial charge in [-0.05, 0) is 42.3 Å². The summed E-state index contributed by atoms with van der Waals surface area (Å²) in [6.07, 6.45) is 2.68. The standard InChI is InChI=1S/C21H20FN3O4/c1-14-6-7-16(22)11-18(14)25-9-8-24(20(27)21(25)28)13-19(26)23-12-15-4-3-5-17(10-15)29-2/h3-11H,12-13H2,1-2H3,(H,23,26). The number of carbonyl (C=O) groups is 1. The molecule has 0 aliphatic heterocycles. The van der Waals surface area contributed by atoms with Crippen molar-refractivity contribution in [3.8, 4) is 11.4 Å². The highest BCUT2D eigenvalue weighted by molar-refractivity contribution is 5.75. The van der Waals surface area contributed by atoms with Gasteiger partial charge in [-0.2, -0.15) is 0 Å². The number of hydrogen-bond acceptors (Lipinski definition) is 4. The van der Waals surface area contributed by atoms with E-state index in [0.717, 1.165) is 14.7 Å². The molecule has 1 amide bonds. The second-order valence-electron chi connectivity index (χ2n) is 6.47. The summed E-state index contributed by atoms with van der Waals surface area (Å²) in [7, 11) is 1.55. The van der Waals surface area contributed by atoms with Crippen LogP contribution < -0.4 is 21.2 Å². The average molecular weight is 397 g/mol. The van der Waals surface area contributed by atoms with Crippen molar-refractivity contribution in [2.24, 2.45) is 0 Å². The van der Waals surface area contributed by atoms with Crippen LogP contribution in [0.3, 0.4) is 0 Å². The van der Waals surface area contributed by atoms with E-state index in [9.17, 15) is 18.8 Å². The van der Waals surface area contributed by atoms with Crippen molar-refractivity contribution in [2.75, 3.05) is 7.11 Å². The van der Waals surface area contributed by atoms with Crippen molar-refractivity contribution in [2.45, 2.75) is 20.0 Å². The highest BCUT2D eigenvalue weighted by Gasteiger charge is 2.12. The molecule has 1 aromatic heterocycles. The fourth-order valence-corrected chi connectivity index (χ4v) is 2.86. The lowest BCUT2D eigenvalue weighted by Crippen LogP contribution is -2.42. The molecule has 7 nitrogen and oxygen atoms in total. The largest absolute Gasteiger partial charge is 0.497 e. The molecule has 1 heterocycles. The van der Waals surface area contributed by atoms with E-state index in [4.69, 9.17) is 4.74 Å². The van der Waals surface area contributed by atoms with E-state index < -0.39 is 22.8 Å². The minimum absolute atomic E-state index is 0.254. The van der Waals surface area contributed by atoms with Gasteiger partial charge in [-0.1, -0.05) is 18.2 Å². The number of hydrogen-bond donors (Lipinski definition) is 1. The summed E-state index contributed by atoms with van der Waals surface area (Å²) < 4.78 is 20.8. The lowest BCUT2D eigenvalue weighted by Gasteiger charge is -2.11. The van der Waals surface area contributed by atoms with Gasteiger partial charge in [0.05, 0.1) is 12.8 Å². The van der Waals surface area contributed by atoms with Crippen molar-refractivity contribution < 1.29 is 13.9 Å². The first-order chi connectivity index (χ1) is 13.9. The Hall–Kier alpha value is -3.68.